The number of carbonyl (C=O) groups is 2. The molecule has 2 rings (SSSR count). The molecule has 0 saturated carbocycles. The Labute approximate surface area is 120 Å². The number of thioether (sulfide) groups is 1. The van der Waals surface area contributed by atoms with Crippen molar-refractivity contribution in [3.05, 3.63) is 35.1 Å². The summed E-state index contributed by atoms with van der Waals surface area (Å²) < 4.78 is 13.7. The third-order valence-electron chi connectivity index (χ3n) is 3.35. The summed E-state index contributed by atoms with van der Waals surface area (Å²) in [6.07, 6.45) is 2.12. The average molecular weight is 297 g/mol. The summed E-state index contributed by atoms with van der Waals surface area (Å²) in [5.74, 6) is 0.140. The van der Waals surface area contributed by atoms with Gasteiger partial charge < -0.3 is 10.4 Å². The van der Waals surface area contributed by atoms with Crippen LogP contribution in [-0.2, 0) is 0 Å². The fourth-order valence-corrected chi connectivity index (χ4v) is 3.32. The average Bonchev–Trinajstić information content (AvgIpc) is 2.45. The molecule has 2 N–H and O–H groups in total. The lowest BCUT2D eigenvalue weighted by Crippen LogP contribution is -2.31. The van der Waals surface area contributed by atoms with E-state index in [1.165, 1.54) is 12.1 Å². The Kier molecular flexibility index (Phi) is 5.00. The van der Waals surface area contributed by atoms with Gasteiger partial charge in [0, 0.05) is 6.54 Å². The fraction of sp³-hybridized carbons (Fsp3) is 0.429. The zero-order valence-electron chi connectivity index (χ0n) is 10.9. The Morgan fingerprint density at radius 2 is 2.05 bits per heavy atom. The first-order chi connectivity index (χ1) is 9.58. The smallest absolute Gasteiger partial charge is 0.335 e. The third kappa shape index (κ3) is 3.72. The van der Waals surface area contributed by atoms with Gasteiger partial charge in [-0.25, -0.2) is 9.18 Å². The van der Waals surface area contributed by atoms with E-state index < -0.39 is 17.7 Å². The number of hydrogen-bond donors (Lipinski definition) is 2. The predicted molar refractivity (Wildman–Crippen MR) is 75.7 cm³/mol. The maximum atomic E-state index is 13.7. The Bertz CT molecular complexity index is 515. The van der Waals surface area contributed by atoms with E-state index >= 15 is 0 Å². The molecular weight excluding hydrogens is 281 g/mol. The minimum atomic E-state index is -1.21. The summed E-state index contributed by atoms with van der Waals surface area (Å²) in [5, 5.41) is 11.5. The summed E-state index contributed by atoms with van der Waals surface area (Å²) in [6, 6.07) is 3.32. The first kappa shape index (κ1) is 14.8. The van der Waals surface area contributed by atoms with Crippen LogP contribution < -0.4 is 5.32 Å². The molecule has 4 nitrogen and oxygen atoms in total. The van der Waals surface area contributed by atoms with Crippen molar-refractivity contribution >= 4 is 23.6 Å². The van der Waals surface area contributed by atoms with Crippen molar-refractivity contribution in [1.29, 1.82) is 0 Å². The lowest BCUT2D eigenvalue weighted by atomic mass is 10.0. The van der Waals surface area contributed by atoms with E-state index in [1.807, 2.05) is 11.8 Å². The topological polar surface area (TPSA) is 66.4 Å². The van der Waals surface area contributed by atoms with E-state index in [0.29, 0.717) is 12.5 Å². The molecule has 0 bridgehead atoms. The van der Waals surface area contributed by atoms with E-state index in [-0.39, 0.29) is 11.1 Å². The normalized spacial score (nSPS) is 15.8. The summed E-state index contributed by atoms with van der Waals surface area (Å²) >= 11 is 1.91. The van der Waals surface area contributed by atoms with Crippen molar-refractivity contribution in [3.8, 4) is 0 Å². The van der Waals surface area contributed by atoms with E-state index in [0.717, 1.165) is 30.4 Å². The molecule has 20 heavy (non-hydrogen) atoms. The fourth-order valence-electron chi connectivity index (χ4n) is 2.12. The Balaban J connectivity index is 1.96. The number of carboxylic acid groups (broad SMARTS) is 1. The second-order valence-corrected chi connectivity index (χ2v) is 5.99. The maximum Gasteiger partial charge on any atom is 0.335 e. The molecule has 6 heteroatoms. The zero-order valence-corrected chi connectivity index (χ0v) is 11.7. The van der Waals surface area contributed by atoms with E-state index in [4.69, 9.17) is 5.11 Å². The number of hydrogen-bond acceptors (Lipinski definition) is 3. The minimum Gasteiger partial charge on any atom is -0.478 e. The van der Waals surface area contributed by atoms with Gasteiger partial charge in [0.25, 0.3) is 5.91 Å². The molecule has 0 aliphatic carbocycles. The molecule has 1 aliphatic heterocycles. The van der Waals surface area contributed by atoms with Gasteiger partial charge in [0.05, 0.1) is 11.1 Å². The van der Waals surface area contributed by atoms with Crippen LogP contribution >= 0.6 is 11.8 Å². The molecule has 1 saturated heterocycles. The highest BCUT2D eigenvalue weighted by Crippen LogP contribution is 2.22. The molecule has 0 atom stereocenters. The largest absolute Gasteiger partial charge is 0.478 e. The van der Waals surface area contributed by atoms with Gasteiger partial charge in [-0.1, -0.05) is 0 Å². The van der Waals surface area contributed by atoms with Crippen LogP contribution in [0.25, 0.3) is 0 Å². The van der Waals surface area contributed by atoms with Crippen LogP contribution in [0.3, 0.4) is 0 Å². The first-order valence-corrected chi connectivity index (χ1v) is 7.62. The lowest BCUT2D eigenvalue weighted by molar-refractivity contribution is 0.0695. The van der Waals surface area contributed by atoms with Crippen molar-refractivity contribution in [2.75, 3.05) is 18.1 Å². The van der Waals surface area contributed by atoms with Crippen molar-refractivity contribution < 1.29 is 19.1 Å². The number of rotatable bonds is 4. The van der Waals surface area contributed by atoms with Crippen LogP contribution in [0, 0.1) is 11.7 Å². The number of amides is 1. The summed E-state index contributed by atoms with van der Waals surface area (Å²) in [7, 11) is 0. The van der Waals surface area contributed by atoms with Crippen LogP contribution in [-0.4, -0.2) is 35.0 Å². The van der Waals surface area contributed by atoms with Crippen LogP contribution in [0.5, 0.6) is 0 Å². The number of halogens is 1. The van der Waals surface area contributed by atoms with Gasteiger partial charge in [-0.15, -0.1) is 0 Å². The Morgan fingerprint density at radius 1 is 1.35 bits per heavy atom. The van der Waals surface area contributed by atoms with Crippen LogP contribution in [0.1, 0.15) is 33.6 Å². The van der Waals surface area contributed by atoms with Crippen LogP contribution in [0.2, 0.25) is 0 Å². The lowest BCUT2D eigenvalue weighted by Gasteiger charge is -2.21. The Morgan fingerprint density at radius 3 is 2.65 bits per heavy atom. The van der Waals surface area contributed by atoms with Gasteiger partial charge >= 0.3 is 5.97 Å². The first-order valence-electron chi connectivity index (χ1n) is 6.46. The molecule has 1 heterocycles. The molecule has 1 aliphatic rings. The minimum absolute atomic E-state index is 0.111. The number of nitrogens with one attached hydrogen (secondary N) is 1. The van der Waals surface area contributed by atoms with Gasteiger partial charge in [-0.05, 0) is 48.5 Å². The predicted octanol–water partition coefficient (Wildman–Crippen LogP) is 2.40. The Hall–Kier alpha value is -1.56. The summed E-state index contributed by atoms with van der Waals surface area (Å²) in [6.45, 7) is 0.541. The maximum absolute atomic E-state index is 13.7. The SMILES string of the molecule is O=C(O)c1ccc(C(=O)NCC2CCSCC2)c(F)c1. The van der Waals surface area contributed by atoms with Gasteiger partial charge in [-0.2, -0.15) is 11.8 Å². The molecule has 0 radical (unpaired) electrons. The number of aromatic carboxylic acids is 1. The highest BCUT2D eigenvalue weighted by Gasteiger charge is 2.17. The molecular formula is C14H16FNO3S. The summed E-state index contributed by atoms with van der Waals surface area (Å²) in [5.41, 5.74) is -0.275. The van der Waals surface area contributed by atoms with Crippen molar-refractivity contribution in [2.24, 2.45) is 5.92 Å². The highest BCUT2D eigenvalue weighted by atomic mass is 32.2. The molecule has 1 amide bonds. The zero-order chi connectivity index (χ0) is 14.5. The second kappa shape index (κ2) is 6.74. The molecule has 1 fully saturated rings. The number of benzene rings is 1. The molecule has 0 aromatic heterocycles. The molecule has 0 unspecified atom stereocenters. The van der Waals surface area contributed by atoms with E-state index in [9.17, 15) is 14.0 Å². The van der Waals surface area contributed by atoms with Gasteiger partial charge in [0.1, 0.15) is 5.82 Å². The van der Waals surface area contributed by atoms with E-state index in [2.05, 4.69) is 5.32 Å². The molecule has 0 spiro atoms. The molecule has 108 valence electrons. The van der Waals surface area contributed by atoms with E-state index in [1.54, 1.807) is 0 Å². The summed E-state index contributed by atoms with van der Waals surface area (Å²) in [4.78, 5) is 22.6. The van der Waals surface area contributed by atoms with Gasteiger partial charge in [0.2, 0.25) is 0 Å². The van der Waals surface area contributed by atoms with Gasteiger partial charge in [0.15, 0.2) is 0 Å². The van der Waals surface area contributed by atoms with Crippen LogP contribution in [0.15, 0.2) is 18.2 Å². The molecule has 1 aromatic carbocycles. The quantitative estimate of drug-likeness (QED) is 0.895. The molecule has 1 aromatic rings. The monoisotopic (exact) mass is 297 g/mol. The van der Waals surface area contributed by atoms with Gasteiger partial charge in [-0.3, -0.25) is 4.79 Å². The second-order valence-electron chi connectivity index (χ2n) is 4.77. The number of carboxylic acids is 1. The number of carbonyl (C=O) groups excluding carboxylic acids is 1. The van der Waals surface area contributed by atoms with Crippen LogP contribution in [0.4, 0.5) is 4.39 Å². The van der Waals surface area contributed by atoms with Crippen molar-refractivity contribution in [3.63, 3.8) is 0 Å². The van der Waals surface area contributed by atoms with Crippen molar-refractivity contribution in [1.82, 2.24) is 5.32 Å². The standard InChI is InChI=1S/C14H16FNO3S/c15-12-7-10(14(18)19)1-2-11(12)13(17)16-8-9-3-5-20-6-4-9/h1-2,7,9H,3-6,8H2,(H,16,17)(H,18,19). The highest BCUT2D eigenvalue weighted by molar-refractivity contribution is 7.99. The van der Waals surface area contributed by atoms with Crippen molar-refractivity contribution in [2.45, 2.75) is 12.8 Å². The third-order valence-corrected chi connectivity index (χ3v) is 4.40.